The normalized spacial score (nSPS) is 56.5. The summed E-state index contributed by atoms with van der Waals surface area (Å²) in [6, 6.07) is -11.3. The lowest BCUT2D eigenvalue weighted by Crippen LogP contribution is -2.51. The SMILES string of the molecule is [2H]c1c(OC)c(OC([2H])([2H])[2H])c([2H])c2c1C1N(C([2H])([2H])C2([2H])[2H])C([2H])([2H])C([2H])(C([2H])([2H])C([2H])(C([2H])([2H])[2H])C([2H])([2H])[2H])C([2H])(OC(=O)[C@@]([2H])(N)C([2H])(C([2H])([2H])[2H])C([2H])([2H])[2H])C1([2H])[2H]. The van der Waals surface area contributed by atoms with Crippen molar-refractivity contribution >= 4 is 5.97 Å². The van der Waals surface area contributed by atoms with Gasteiger partial charge in [-0.3, -0.25) is 9.69 Å². The fourth-order valence-electron chi connectivity index (χ4n) is 2.44. The van der Waals surface area contributed by atoms with Crippen LogP contribution in [0.5, 0.6) is 11.5 Å². The van der Waals surface area contributed by atoms with Crippen LogP contribution in [-0.4, -0.2) is 50.1 Å². The minimum absolute atomic E-state index is 0.671. The fraction of sp³-hybridized carbons (Fsp3) is 0.708. The quantitative estimate of drug-likeness (QED) is 0.640. The molecule has 1 aromatic carbocycles. The van der Waals surface area contributed by atoms with Gasteiger partial charge in [0, 0.05) is 65.6 Å². The van der Waals surface area contributed by atoms with E-state index in [4.69, 9.17) is 55.6 Å². The summed E-state index contributed by atoms with van der Waals surface area (Å²) in [5.41, 5.74) is 2.40. The van der Waals surface area contributed by atoms with Crippen LogP contribution in [0.4, 0.5) is 0 Å². The van der Waals surface area contributed by atoms with E-state index in [2.05, 4.69) is 0 Å². The highest BCUT2D eigenvalue weighted by molar-refractivity contribution is 5.76. The number of nitrogens with zero attached hydrogens (tertiary/aromatic N) is 1. The zero-order valence-corrected chi connectivity index (χ0v) is 15.2. The standard InChI is InChI=1S/C24H38N2O4/c1-14(2)9-17-13-26-8-7-16-10-21(28-5)22(29-6)11-18(16)19(26)12-20(17)30-24(27)23(25)15(3)4/h10-11,14-15,17,19-20,23H,7-9,12-13,25H2,1-6H3/t17?,19?,20?,23-/m0/s1/i1D3,2D3,3D3,4D3,5D3,7D2,8D2,9D2,10D,11D,12D2,13D2,14D,15D,17D,20D,23D. The number of nitrogens with two attached hydrogens (primary N) is 1. The van der Waals surface area contributed by atoms with Crippen molar-refractivity contribution in [3.63, 3.8) is 0 Å². The zero-order valence-electron chi connectivity index (χ0n) is 47.2. The van der Waals surface area contributed by atoms with Gasteiger partial charge in [-0.05, 0) is 47.7 Å². The van der Waals surface area contributed by atoms with Crippen molar-refractivity contribution in [2.24, 2.45) is 23.4 Å². The van der Waals surface area contributed by atoms with Gasteiger partial charge in [0.15, 0.2) is 11.5 Å². The minimum atomic E-state index is -5.45. The average molecular weight is 451 g/mol. The van der Waals surface area contributed by atoms with Crippen LogP contribution < -0.4 is 15.2 Å². The lowest BCUT2D eigenvalue weighted by Gasteiger charge is -2.47. The molecule has 2 N–H and O–H groups in total. The van der Waals surface area contributed by atoms with Gasteiger partial charge in [-0.15, -0.1) is 0 Å². The molecule has 1 aromatic rings. The lowest BCUT2D eigenvalue weighted by atomic mass is 9.79. The third kappa shape index (κ3) is 4.75. The fourth-order valence-corrected chi connectivity index (χ4v) is 2.44. The molecule has 2 heterocycles. The molecule has 0 spiro atoms. The molecule has 0 aliphatic carbocycles. The zero-order chi connectivity index (χ0) is 49.8. The molecular weight excluding hydrogens is 380 g/mol. The summed E-state index contributed by atoms with van der Waals surface area (Å²) >= 11 is 0. The van der Waals surface area contributed by atoms with Gasteiger partial charge in [-0.1, -0.05) is 27.4 Å². The summed E-state index contributed by atoms with van der Waals surface area (Å²) in [5.74, 6) is -20.8. The molecule has 168 valence electrons. The van der Waals surface area contributed by atoms with Crippen molar-refractivity contribution in [3.05, 3.63) is 23.2 Å². The summed E-state index contributed by atoms with van der Waals surface area (Å²) in [4.78, 5) is 13.3. The first-order valence-electron chi connectivity index (χ1n) is 24.0. The molecule has 2 aliphatic heterocycles. The monoisotopic (exact) mass is 450 g/mol. The molecule has 3 unspecified atom stereocenters. The predicted molar refractivity (Wildman–Crippen MR) is 118 cm³/mol. The number of rotatable bonds is 7. The molecule has 3 rings (SSSR count). The summed E-state index contributed by atoms with van der Waals surface area (Å²) < 4.78 is 284. The molecule has 6 nitrogen and oxygen atoms in total. The number of hydrogen-bond acceptors (Lipinski definition) is 6. The van der Waals surface area contributed by atoms with E-state index in [0.717, 1.165) is 0 Å². The van der Waals surface area contributed by atoms with E-state index in [0.29, 0.717) is 7.11 Å². The van der Waals surface area contributed by atoms with Crippen molar-refractivity contribution in [2.45, 2.75) is 64.7 Å². The molecular formula is C24H38N2O4. The molecule has 0 bridgehead atoms. The van der Waals surface area contributed by atoms with Crippen LogP contribution in [0, 0.1) is 17.7 Å². The maximum Gasteiger partial charge on any atom is 0.323 e. The summed E-state index contributed by atoms with van der Waals surface area (Å²) in [5, 5.41) is 0. The van der Waals surface area contributed by atoms with E-state index in [1.54, 1.807) is 0 Å². The van der Waals surface area contributed by atoms with E-state index in [1.165, 1.54) is 0 Å². The van der Waals surface area contributed by atoms with Crippen molar-refractivity contribution in [3.8, 4) is 11.5 Å². The second-order valence-corrected chi connectivity index (χ2v) is 5.65. The highest BCUT2D eigenvalue weighted by Gasteiger charge is 2.41. The van der Waals surface area contributed by atoms with Crippen LogP contribution in [-0.2, 0) is 15.9 Å². The van der Waals surface area contributed by atoms with Crippen LogP contribution in [0.25, 0.3) is 0 Å². The maximum atomic E-state index is 14.1. The van der Waals surface area contributed by atoms with Crippen LogP contribution in [0.1, 0.15) is 101 Å². The van der Waals surface area contributed by atoms with Crippen LogP contribution in [0.2, 0.25) is 0 Å². The van der Waals surface area contributed by atoms with Crippen LogP contribution in [0.3, 0.4) is 0 Å². The Morgan fingerprint density at radius 1 is 1.43 bits per heavy atom. The second kappa shape index (κ2) is 9.56. The molecule has 1 saturated heterocycles. The van der Waals surface area contributed by atoms with Crippen molar-refractivity contribution in [1.82, 2.24) is 4.90 Å². The number of carbonyl (C=O) groups is 1. The molecule has 30 heavy (non-hydrogen) atoms. The van der Waals surface area contributed by atoms with Crippen molar-refractivity contribution in [2.75, 3.05) is 27.1 Å². The predicted octanol–water partition coefficient (Wildman–Crippen LogP) is 3.56. The smallest absolute Gasteiger partial charge is 0.323 e. The summed E-state index contributed by atoms with van der Waals surface area (Å²) in [6.07, 6.45) is -19.7. The molecule has 0 amide bonds. The Balaban J connectivity index is 2.85. The molecule has 0 radical (unpaired) electrons. The number of carbonyl (C=O) groups excluding carboxylic acids is 1. The first-order valence-corrected chi connectivity index (χ1v) is 7.95. The van der Waals surface area contributed by atoms with Crippen LogP contribution in [0.15, 0.2) is 12.1 Å². The largest absolute Gasteiger partial charge is 0.493 e. The van der Waals surface area contributed by atoms with Gasteiger partial charge in [-0.2, -0.15) is 0 Å². The van der Waals surface area contributed by atoms with E-state index < -0.39 is 148 Å². The van der Waals surface area contributed by atoms with Gasteiger partial charge in [0.2, 0.25) is 0 Å². The number of fused-ring (bicyclic) bond motifs is 3. The Kier molecular flexibility index (Phi) is 1.72. The Labute approximate surface area is 226 Å². The third-order valence-corrected chi connectivity index (χ3v) is 3.76. The number of benzene rings is 1. The molecule has 2 aliphatic rings. The molecule has 0 aromatic heterocycles. The first-order chi connectivity index (χ1) is 26.7. The van der Waals surface area contributed by atoms with E-state index >= 15 is 0 Å². The Morgan fingerprint density at radius 2 is 2.23 bits per heavy atom. The van der Waals surface area contributed by atoms with Crippen molar-refractivity contribution in [1.29, 1.82) is 0 Å². The van der Waals surface area contributed by atoms with Gasteiger partial charge in [0.1, 0.15) is 12.1 Å². The summed E-state index contributed by atoms with van der Waals surface area (Å²) in [6.45, 7) is -27.6. The van der Waals surface area contributed by atoms with Crippen molar-refractivity contribution < 1.29 is 62.9 Å². The van der Waals surface area contributed by atoms with Crippen LogP contribution >= 0.6 is 0 Å². The summed E-state index contributed by atoms with van der Waals surface area (Å²) in [7, 11) is -2.89. The maximum absolute atomic E-state index is 14.1. The Bertz CT molecular complexity index is 1930. The van der Waals surface area contributed by atoms with Gasteiger partial charge in [0.25, 0.3) is 0 Å². The Morgan fingerprint density at radius 3 is 2.93 bits per heavy atom. The van der Waals surface area contributed by atoms with Gasteiger partial charge in [-0.25, -0.2) is 0 Å². The second-order valence-electron chi connectivity index (χ2n) is 5.65. The van der Waals surface area contributed by atoms with E-state index in [1.807, 2.05) is 0 Å². The van der Waals surface area contributed by atoms with E-state index in [9.17, 15) is 13.0 Å². The molecule has 4 atom stereocenters. The Hall–Kier alpha value is -1.79. The number of piperidine rings is 1. The molecule has 6 heteroatoms. The minimum Gasteiger partial charge on any atom is -0.493 e. The third-order valence-electron chi connectivity index (χ3n) is 3.76. The number of hydrogen-bond donors (Lipinski definition) is 1. The number of methoxy groups -OCH3 is 2. The van der Waals surface area contributed by atoms with E-state index in [-0.39, 0.29) is 0 Å². The van der Waals surface area contributed by atoms with Gasteiger partial charge < -0.3 is 19.9 Å². The highest BCUT2D eigenvalue weighted by Crippen LogP contribution is 2.44. The molecule has 1 fully saturated rings. The molecule has 0 saturated carbocycles. The highest BCUT2D eigenvalue weighted by atomic mass is 16.5. The number of ether oxygens (including phenoxy) is 3. The van der Waals surface area contributed by atoms with Gasteiger partial charge >= 0.3 is 5.97 Å². The topological polar surface area (TPSA) is 74.0 Å². The average Bonchev–Trinajstić information content (AvgIpc) is 3.02. The number of esters is 1. The van der Waals surface area contributed by atoms with Gasteiger partial charge in [0.05, 0.1) is 23.7 Å². The first kappa shape index (κ1) is 5.40. The lowest BCUT2D eigenvalue weighted by molar-refractivity contribution is -0.160.